The van der Waals surface area contributed by atoms with Crippen LogP contribution in [-0.2, 0) is 12.7 Å². The highest BCUT2D eigenvalue weighted by Gasteiger charge is 2.36. The van der Waals surface area contributed by atoms with Crippen molar-refractivity contribution in [2.75, 3.05) is 13.7 Å². The van der Waals surface area contributed by atoms with Crippen molar-refractivity contribution in [1.29, 1.82) is 0 Å². The molecule has 4 aromatic rings. The summed E-state index contributed by atoms with van der Waals surface area (Å²) in [6.07, 6.45) is 0.633. The molecule has 0 aliphatic rings. The van der Waals surface area contributed by atoms with Crippen molar-refractivity contribution >= 4 is 11.6 Å². The fourth-order valence-corrected chi connectivity index (χ4v) is 3.36. The molecule has 3 aromatic heterocycles. The zero-order chi connectivity index (χ0) is 23.6. The van der Waals surface area contributed by atoms with E-state index in [1.165, 1.54) is 7.11 Å². The molecule has 11 heteroatoms. The number of carbonyl (C=O) groups excluding carboxylic acids is 1. The Kier molecular flexibility index (Phi) is 6.03. The predicted molar refractivity (Wildman–Crippen MR) is 114 cm³/mol. The first-order valence-corrected chi connectivity index (χ1v) is 10.1. The predicted octanol–water partition coefficient (Wildman–Crippen LogP) is 3.75. The molecule has 0 fully saturated rings. The minimum absolute atomic E-state index is 0.0363. The van der Waals surface area contributed by atoms with Crippen LogP contribution in [0.15, 0.2) is 48.9 Å². The number of fused-ring (bicyclic) bond motifs is 1. The van der Waals surface area contributed by atoms with Crippen molar-refractivity contribution in [2.24, 2.45) is 0 Å². The molecule has 0 saturated carbocycles. The number of rotatable bonds is 7. The standard InChI is InChI=1S/C22H21F3N6O2/c1-14-11-27-30(13-14)9-3-8-26-21(32)17-12-28-31-19(22(23,24)25)10-18(29-20(17)31)15-4-6-16(33-2)7-5-15/h4-7,10-13H,3,8-9H2,1-2H3,(H,26,32). The molecule has 172 valence electrons. The molecule has 1 amide bonds. The summed E-state index contributed by atoms with van der Waals surface area (Å²) in [6, 6.07) is 7.37. The highest BCUT2D eigenvalue weighted by Crippen LogP contribution is 2.33. The summed E-state index contributed by atoms with van der Waals surface area (Å²) >= 11 is 0. The summed E-state index contributed by atoms with van der Waals surface area (Å²) in [5.74, 6) is 0.0136. The van der Waals surface area contributed by atoms with Gasteiger partial charge in [-0.3, -0.25) is 9.48 Å². The molecule has 1 aromatic carbocycles. The van der Waals surface area contributed by atoms with Gasteiger partial charge in [0, 0.05) is 24.8 Å². The number of hydrogen-bond acceptors (Lipinski definition) is 5. The van der Waals surface area contributed by atoms with Crippen LogP contribution in [0.3, 0.4) is 0 Å². The number of methoxy groups -OCH3 is 1. The van der Waals surface area contributed by atoms with E-state index in [9.17, 15) is 18.0 Å². The Morgan fingerprint density at radius 1 is 1.15 bits per heavy atom. The van der Waals surface area contributed by atoms with Gasteiger partial charge in [0.2, 0.25) is 0 Å². The minimum Gasteiger partial charge on any atom is -0.497 e. The van der Waals surface area contributed by atoms with E-state index in [4.69, 9.17) is 4.74 Å². The normalized spacial score (nSPS) is 11.7. The van der Waals surface area contributed by atoms with Crippen molar-refractivity contribution in [3.8, 4) is 17.0 Å². The Morgan fingerprint density at radius 3 is 2.55 bits per heavy atom. The Balaban J connectivity index is 1.60. The number of ether oxygens (including phenoxy) is 1. The van der Waals surface area contributed by atoms with Gasteiger partial charge in [-0.2, -0.15) is 23.4 Å². The number of hydrogen-bond donors (Lipinski definition) is 1. The Morgan fingerprint density at radius 2 is 1.91 bits per heavy atom. The van der Waals surface area contributed by atoms with E-state index in [-0.39, 0.29) is 16.9 Å². The summed E-state index contributed by atoms with van der Waals surface area (Å²) in [5, 5.41) is 10.7. The van der Waals surface area contributed by atoms with Crippen LogP contribution < -0.4 is 10.1 Å². The van der Waals surface area contributed by atoms with Gasteiger partial charge in [0.25, 0.3) is 5.91 Å². The highest BCUT2D eigenvalue weighted by atomic mass is 19.4. The van der Waals surface area contributed by atoms with E-state index in [0.29, 0.717) is 35.3 Å². The molecular weight excluding hydrogens is 437 g/mol. The second kappa shape index (κ2) is 8.93. The molecule has 0 aliphatic heterocycles. The third kappa shape index (κ3) is 4.81. The summed E-state index contributed by atoms with van der Waals surface area (Å²) < 4.78 is 48.7. The van der Waals surface area contributed by atoms with Gasteiger partial charge in [-0.1, -0.05) is 0 Å². The summed E-state index contributed by atoms with van der Waals surface area (Å²) in [6.45, 7) is 2.85. The SMILES string of the molecule is COc1ccc(-c2cc(C(F)(F)F)n3ncc(C(=O)NCCCn4cc(C)cn4)c3n2)cc1. The highest BCUT2D eigenvalue weighted by molar-refractivity contribution is 5.99. The Bertz CT molecular complexity index is 1280. The van der Waals surface area contributed by atoms with Gasteiger partial charge in [0.05, 0.1) is 25.2 Å². The number of carbonyl (C=O) groups is 1. The van der Waals surface area contributed by atoms with Gasteiger partial charge in [0.1, 0.15) is 11.3 Å². The van der Waals surface area contributed by atoms with Crippen LogP contribution in [-0.4, -0.2) is 43.9 Å². The van der Waals surface area contributed by atoms with E-state index in [1.54, 1.807) is 35.1 Å². The molecule has 0 spiro atoms. The molecular formula is C22H21F3N6O2. The molecule has 0 saturated heterocycles. The Labute approximate surface area is 187 Å². The van der Waals surface area contributed by atoms with Crippen LogP contribution in [0.1, 0.15) is 28.0 Å². The van der Waals surface area contributed by atoms with Crippen LogP contribution in [0, 0.1) is 6.92 Å². The lowest BCUT2D eigenvalue weighted by molar-refractivity contribution is -0.142. The quantitative estimate of drug-likeness (QED) is 0.427. The topological polar surface area (TPSA) is 86.3 Å². The molecule has 0 radical (unpaired) electrons. The third-order valence-electron chi connectivity index (χ3n) is 5.00. The van der Waals surface area contributed by atoms with Gasteiger partial charge in [0.15, 0.2) is 11.3 Å². The molecule has 1 N–H and O–H groups in total. The maximum Gasteiger partial charge on any atom is 0.433 e. The molecule has 0 atom stereocenters. The monoisotopic (exact) mass is 458 g/mol. The van der Waals surface area contributed by atoms with Crippen molar-refractivity contribution < 1.29 is 22.7 Å². The maximum atomic E-state index is 13.7. The number of benzene rings is 1. The molecule has 3 heterocycles. The summed E-state index contributed by atoms with van der Waals surface area (Å²) in [5.41, 5.74) is 0.324. The first kappa shape index (κ1) is 22.3. The van der Waals surface area contributed by atoms with E-state index < -0.39 is 17.8 Å². The summed E-state index contributed by atoms with van der Waals surface area (Å²) in [7, 11) is 1.49. The van der Waals surface area contributed by atoms with Crippen molar-refractivity contribution in [3.63, 3.8) is 0 Å². The van der Waals surface area contributed by atoms with Crippen molar-refractivity contribution in [2.45, 2.75) is 26.1 Å². The smallest absolute Gasteiger partial charge is 0.433 e. The Hall–Kier alpha value is -3.89. The first-order valence-electron chi connectivity index (χ1n) is 10.1. The number of nitrogens with zero attached hydrogens (tertiary/aromatic N) is 5. The molecule has 0 unspecified atom stereocenters. The van der Waals surface area contributed by atoms with Crippen molar-refractivity contribution in [3.05, 3.63) is 65.7 Å². The van der Waals surface area contributed by atoms with Gasteiger partial charge >= 0.3 is 6.18 Å². The second-order valence-electron chi connectivity index (χ2n) is 7.44. The lowest BCUT2D eigenvalue weighted by Gasteiger charge is -2.12. The molecule has 4 rings (SSSR count). The zero-order valence-corrected chi connectivity index (χ0v) is 17.9. The summed E-state index contributed by atoms with van der Waals surface area (Å²) in [4.78, 5) is 17.0. The van der Waals surface area contributed by atoms with E-state index in [2.05, 4.69) is 20.5 Å². The number of aromatic nitrogens is 5. The van der Waals surface area contributed by atoms with Crippen LogP contribution in [0.2, 0.25) is 0 Å². The van der Waals surface area contributed by atoms with Crippen LogP contribution >= 0.6 is 0 Å². The van der Waals surface area contributed by atoms with Crippen LogP contribution in [0.5, 0.6) is 5.75 Å². The fourth-order valence-electron chi connectivity index (χ4n) is 3.36. The lowest BCUT2D eigenvalue weighted by atomic mass is 10.1. The second-order valence-corrected chi connectivity index (χ2v) is 7.44. The van der Waals surface area contributed by atoms with Gasteiger partial charge in [-0.05, 0) is 49.2 Å². The van der Waals surface area contributed by atoms with Crippen molar-refractivity contribution in [1.82, 2.24) is 29.7 Å². The third-order valence-corrected chi connectivity index (χ3v) is 5.00. The number of amides is 1. The van der Waals surface area contributed by atoms with Gasteiger partial charge in [-0.25, -0.2) is 9.50 Å². The lowest BCUT2D eigenvalue weighted by Crippen LogP contribution is -2.25. The van der Waals surface area contributed by atoms with Crippen LogP contribution in [0.4, 0.5) is 13.2 Å². The largest absolute Gasteiger partial charge is 0.497 e. The van der Waals surface area contributed by atoms with Gasteiger partial charge in [-0.15, -0.1) is 0 Å². The van der Waals surface area contributed by atoms with E-state index >= 15 is 0 Å². The number of halogens is 3. The van der Waals surface area contributed by atoms with E-state index in [1.807, 2.05) is 13.1 Å². The number of alkyl halides is 3. The minimum atomic E-state index is -4.69. The zero-order valence-electron chi connectivity index (χ0n) is 17.9. The van der Waals surface area contributed by atoms with E-state index in [0.717, 1.165) is 17.8 Å². The number of nitrogens with one attached hydrogen (secondary N) is 1. The molecule has 0 bridgehead atoms. The maximum absolute atomic E-state index is 13.7. The average Bonchev–Trinajstić information content (AvgIpc) is 3.41. The average molecular weight is 458 g/mol. The fraction of sp³-hybridized carbons (Fsp3) is 0.273. The molecule has 33 heavy (non-hydrogen) atoms. The first-order chi connectivity index (χ1) is 15.8. The van der Waals surface area contributed by atoms with Crippen LogP contribution in [0.25, 0.3) is 16.9 Å². The molecule has 0 aliphatic carbocycles. The number of aryl methyl sites for hydroxylation is 2. The van der Waals surface area contributed by atoms with Gasteiger partial charge < -0.3 is 10.1 Å². The molecule has 8 nitrogen and oxygen atoms in total.